The van der Waals surface area contributed by atoms with Crippen LogP contribution in [0.5, 0.6) is 0 Å². The van der Waals surface area contributed by atoms with Crippen LogP contribution in [0.2, 0.25) is 6.04 Å². The molecule has 100 valence electrons. The molecule has 0 heterocycles. The monoisotopic (exact) mass is 263 g/mol. The molecule has 2 N–H and O–H groups in total. The zero-order valence-corrected chi connectivity index (χ0v) is 11.6. The first-order chi connectivity index (χ1) is 8.07. The molecule has 0 aliphatic carbocycles. The van der Waals surface area contributed by atoms with Gasteiger partial charge in [-0.3, -0.25) is 0 Å². The van der Waals surface area contributed by atoms with Crippen molar-refractivity contribution in [2.75, 3.05) is 27.9 Å². The average Bonchev–Trinajstić information content (AvgIpc) is 2.39. The van der Waals surface area contributed by atoms with Gasteiger partial charge < -0.3 is 23.7 Å². The van der Waals surface area contributed by atoms with E-state index in [2.05, 4.69) is 6.58 Å². The molecule has 0 amide bonds. The summed E-state index contributed by atoms with van der Waals surface area (Å²) in [6.45, 7) is 3.56. The van der Waals surface area contributed by atoms with Gasteiger partial charge in [0.1, 0.15) is 6.10 Å². The predicted octanol–water partition coefficient (Wildman–Crippen LogP) is 0.311. The molecule has 0 aromatic carbocycles. The molecule has 1 atom stereocenters. The first kappa shape index (κ1) is 16.3. The van der Waals surface area contributed by atoms with E-state index in [9.17, 15) is 4.79 Å². The van der Waals surface area contributed by atoms with Crippen LogP contribution in [0.4, 0.5) is 0 Å². The molecular weight excluding hydrogens is 242 g/mol. The summed E-state index contributed by atoms with van der Waals surface area (Å²) < 4.78 is 20.8. The van der Waals surface area contributed by atoms with Crippen molar-refractivity contribution in [2.24, 2.45) is 5.73 Å². The molecule has 0 aliphatic rings. The number of carbonyl (C=O) groups excluding carboxylic acids is 1. The largest absolute Gasteiger partial charge is 0.500 e. The third-order valence-electron chi connectivity index (χ3n) is 2.42. The number of rotatable bonds is 9. The normalized spacial score (nSPS) is 13.2. The third-order valence-corrected chi connectivity index (χ3v) is 5.18. The predicted molar refractivity (Wildman–Crippen MR) is 65.3 cm³/mol. The SMILES string of the molecule is C=CC(=O)OC(CN)CC[Si](OC)(OC)OC. The standard InChI is InChI=1S/C10H21NO5Si/c1-5-10(12)16-9(8-11)6-7-17(13-2,14-3)15-4/h5,9H,1,6-8,11H2,2-4H3. The van der Waals surface area contributed by atoms with Crippen molar-refractivity contribution in [2.45, 2.75) is 18.6 Å². The van der Waals surface area contributed by atoms with E-state index in [4.69, 9.17) is 23.7 Å². The Balaban J connectivity index is 4.29. The number of nitrogens with two attached hydrogens (primary N) is 1. The fourth-order valence-electron chi connectivity index (χ4n) is 1.33. The van der Waals surface area contributed by atoms with E-state index in [-0.39, 0.29) is 12.6 Å². The Morgan fingerprint density at radius 3 is 2.24 bits per heavy atom. The van der Waals surface area contributed by atoms with Crippen molar-refractivity contribution >= 4 is 14.8 Å². The zero-order valence-electron chi connectivity index (χ0n) is 10.6. The minimum absolute atomic E-state index is 0.237. The van der Waals surface area contributed by atoms with Gasteiger partial charge in [0.2, 0.25) is 0 Å². The van der Waals surface area contributed by atoms with Gasteiger partial charge >= 0.3 is 14.8 Å². The van der Waals surface area contributed by atoms with Crippen LogP contribution in [-0.4, -0.2) is 48.8 Å². The van der Waals surface area contributed by atoms with E-state index >= 15 is 0 Å². The Labute approximate surface area is 103 Å². The maximum atomic E-state index is 11.0. The van der Waals surface area contributed by atoms with Gasteiger partial charge in [0.15, 0.2) is 0 Å². The Kier molecular flexibility index (Phi) is 8.01. The summed E-state index contributed by atoms with van der Waals surface area (Å²) in [5, 5.41) is 0. The van der Waals surface area contributed by atoms with E-state index < -0.39 is 14.8 Å². The second-order valence-corrected chi connectivity index (χ2v) is 6.42. The van der Waals surface area contributed by atoms with Crippen molar-refractivity contribution < 1.29 is 22.8 Å². The van der Waals surface area contributed by atoms with Crippen LogP contribution in [0.1, 0.15) is 6.42 Å². The molecule has 7 heteroatoms. The highest BCUT2D eigenvalue weighted by Gasteiger charge is 2.38. The lowest BCUT2D eigenvalue weighted by Gasteiger charge is -2.26. The van der Waals surface area contributed by atoms with Gasteiger partial charge in [0.05, 0.1) is 0 Å². The number of carbonyl (C=O) groups is 1. The summed E-state index contributed by atoms with van der Waals surface area (Å²) in [4.78, 5) is 11.0. The molecule has 0 bridgehead atoms. The number of hydrogen-bond acceptors (Lipinski definition) is 6. The Bertz CT molecular complexity index is 237. The molecule has 0 aliphatic heterocycles. The summed E-state index contributed by atoms with van der Waals surface area (Å²) in [7, 11) is 1.97. The summed E-state index contributed by atoms with van der Waals surface area (Å²) in [5.41, 5.74) is 5.51. The molecule has 0 rings (SSSR count). The summed E-state index contributed by atoms with van der Waals surface area (Å²) >= 11 is 0. The van der Waals surface area contributed by atoms with Gasteiger partial charge in [-0.15, -0.1) is 0 Å². The lowest BCUT2D eigenvalue weighted by molar-refractivity contribution is -0.142. The minimum atomic E-state index is -2.63. The van der Waals surface area contributed by atoms with Crippen LogP contribution in [-0.2, 0) is 22.8 Å². The molecule has 1 unspecified atom stereocenters. The van der Waals surface area contributed by atoms with Crippen LogP contribution in [0.3, 0.4) is 0 Å². The van der Waals surface area contributed by atoms with Gasteiger partial charge in [0, 0.05) is 40.0 Å². The third kappa shape index (κ3) is 5.42. The molecule has 0 radical (unpaired) electrons. The molecule has 0 saturated heterocycles. The summed E-state index contributed by atoms with van der Waals surface area (Å²) in [6.07, 6.45) is 1.25. The van der Waals surface area contributed by atoms with E-state index in [1.807, 2.05) is 0 Å². The van der Waals surface area contributed by atoms with Gasteiger partial charge in [0.25, 0.3) is 0 Å². The number of ether oxygens (including phenoxy) is 1. The van der Waals surface area contributed by atoms with Gasteiger partial charge in [-0.1, -0.05) is 6.58 Å². The smallest absolute Gasteiger partial charge is 0.458 e. The van der Waals surface area contributed by atoms with Crippen molar-refractivity contribution in [3.8, 4) is 0 Å². The van der Waals surface area contributed by atoms with Crippen LogP contribution < -0.4 is 5.73 Å². The van der Waals surface area contributed by atoms with Crippen LogP contribution in [0.25, 0.3) is 0 Å². The highest BCUT2D eigenvalue weighted by molar-refractivity contribution is 6.60. The van der Waals surface area contributed by atoms with Gasteiger partial charge in [-0.2, -0.15) is 0 Å². The van der Waals surface area contributed by atoms with E-state index in [1.54, 1.807) is 0 Å². The number of esters is 1. The van der Waals surface area contributed by atoms with E-state index in [0.29, 0.717) is 12.5 Å². The molecule has 0 aromatic rings. The first-order valence-corrected chi connectivity index (χ1v) is 7.19. The first-order valence-electron chi connectivity index (χ1n) is 5.26. The highest BCUT2D eigenvalue weighted by atomic mass is 28.4. The maximum Gasteiger partial charge on any atom is 0.500 e. The van der Waals surface area contributed by atoms with Crippen molar-refractivity contribution in [3.63, 3.8) is 0 Å². The average molecular weight is 263 g/mol. The fraction of sp³-hybridized carbons (Fsp3) is 0.700. The lowest BCUT2D eigenvalue weighted by Crippen LogP contribution is -2.44. The molecule has 0 fully saturated rings. The van der Waals surface area contributed by atoms with Crippen molar-refractivity contribution in [1.82, 2.24) is 0 Å². The quantitative estimate of drug-likeness (QED) is 0.366. The number of hydrogen-bond donors (Lipinski definition) is 1. The Hall–Kier alpha value is -0.733. The Morgan fingerprint density at radius 2 is 1.88 bits per heavy atom. The van der Waals surface area contributed by atoms with E-state index in [1.165, 1.54) is 21.3 Å². The molecular formula is C10H21NO5Si. The fourth-order valence-corrected chi connectivity index (χ4v) is 3.12. The molecule has 0 aromatic heterocycles. The summed E-state index contributed by atoms with van der Waals surface area (Å²) in [6, 6.07) is 0.531. The Morgan fingerprint density at radius 1 is 1.35 bits per heavy atom. The maximum absolute atomic E-state index is 11.0. The summed E-state index contributed by atoms with van der Waals surface area (Å²) in [5.74, 6) is -0.486. The second-order valence-electron chi connectivity index (χ2n) is 3.33. The second kappa shape index (κ2) is 8.37. The minimum Gasteiger partial charge on any atom is -0.458 e. The zero-order chi connectivity index (χ0) is 13.3. The molecule has 6 nitrogen and oxygen atoms in total. The molecule has 0 saturated carbocycles. The van der Waals surface area contributed by atoms with Crippen LogP contribution >= 0.6 is 0 Å². The molecule has 0 spiro atoms. The van der Waals surface area contributed by atoms with E-state index in [0.717, 1.165) is 6.08 Å². The molecule has 17 heavy (non-hydrogen) atoms. The topological polar surface area (TPSA) is 80.0 Å². The van der Waals surface area contributed by atoms with Gasteiger partial charge in [-0.25, -0.2) is 4.79 Å². The van der Waals surface area contributed by atoms with Crippen molar-refractivity contribution in [3.05, 3.63) is 12.7 Å². The highest BCUT2D eigenvalue weighted by Crippen LogP contribution is 2.17. The lowest BCUT2D eigenvalue weighted by atomic mass is 10.3. The van der Waals surface area contributed by atoms with Crippen LogP contribution in [0.15, 0.2) is 12.7 Å². The van der Waals surface area contributed by atoms with Crippen LogP contribution in [0, 0.1) is 0 Å². The van der Waals surface area contributed by atoms with Gasteiger partial charge in [-0.05, 0) is 6.42 Å². The van der Waals surface area contributed by atoms with Crippen molar-refractivity contribution in [1.29, 1.82) is 0 Å².